The first-order valence-corrected chi connectivity index (χ1v) is 7.77. The number of hydrogen-bond donors (Lipinski definition) is 1. The standard InChI is InChI=1S/C16H34N2O/c1-12(2)8-14-10-18(11-16(5,6)19-7)15(9-17-14)13(3)4/h12-15,17H,8-11H2,1-7H3. The van der Waals surface area contributed by atoms with E-state index in [2.05, 4.69) is 51.8 Å². The average Bonchev–Trinajstić information content (AvgIpc) is 2.27. The lowest BCUT2D eigenvalue weighted by Gasteiger charge is -2.45. The van der Waals surface area contributed by atoms with E-state index in [1.807, 2.05) is 7.11 Å². The van der Waals surface area contributed by atoms with Crippen molar-refractivity contribution in [1.29, 1.82) is 0 Å². The van der Waals surface area contributed by atoms with E-state index in [0.29, 0.717) is 18.0 Å². The Morgan fingerprint density at radius 2 is 1.89 bits per heavy atom. The van der Waals surface area contributed by atoms with Gasteiger partial charge in [-0.15, -0.1) is 0 Å². The van der Waals surface area contributed by atoms with Crippen LogP contribution in [0.5, 0.6) is 0 Å². The third-order valence-electron chi connectivity index (χ3n) is 4.20. The van der Waals surface area contributed by atoms with Crippen LogP contribution in [0.2, 0.25) is 0 Å². The topological polar surface area (TPSA) is 24.5 Å². The van der Waals surface area contributed by atoms with Gasteiger partial charge in [-0.05, 0) is 32.1 Å². The van der Waals surface area contributed by atoms with E-state index < -0.39 is 0 Å². The molecule has 1 aliphatic rings. The van der Waals surface area contributed by atoms with E-state index in [9.17, 15) is 0 Å². The van der Waals surface area contributed by atoms with Crippen molar-refractivity contribution in [2.75, 3.05) is 26.7 Å². The highest BCUT2D eigenvalue weighted by molar-refractivity contribution is 4.90. The van der Waals surface area contributed by atoms with Crippen LogP contribution in [-0.2, 0) is 4.74 Å². The van der Waals surface area contributed by atoms with Gasteiger partial charge in [0.15, 0.2) is 0 Å². The number of piperazine rings is 1. The predicted octanol–water partition coefficient (Wildman–Crippen LogP) is 2.76. The molecule has 0 amide bonds. The molecule has 1 heterocycles. The summed E-state index contributed by atoms with van der Waals surface area (Å²) in [6.45, 7) is 16.9. The molecule has 0 aliphatic carbocycles. The molecule has 0 bridgehead atoms. The van der Waals surface area contributed by atoms with Crippen molar-refractivity contribution in [2.24, 2.45) is 11.8 Å². The van der Waals surface area contributed by atoms with Crippen molar-refractivity contribution in [1.82, 2.24) is 10.2 Å². The molecule has 0 saturated carbocycles. The van der Waals surface area contributed by atoms with Crippen LogP contribution in [0, 0.1) is 11.8 Å². The van der Waals surface area contributed by atoms with Crippen LogP contribution in [0.4, 0.5) is 0 Å². The van der Waals surface area contributed by atoms with Crippen LogP contribution in [0.25, 0.3) is 0 Å². The molecule has 1 saturated heterocycles. The summed E-state index contributed by atoms with van der Waals surface area (Å²) in [4.78, 5) is 2.64. The van der Waals surface area contributed by atoms with Crippen molar-refractivity contribution in [2.45, 2.75) is 65.6 Å². The quantitative estimate of drug-likeness (QED) is 0.803. The molecule has 0 aromatic carbocycles. The molecule has 0 radical (unpaired) electrons. The number of nitrogens with zero attached hydrogens (tertiary/aromatic N) is 1. The molecule has 1 N–H and O–H groups in total. The average molecular weight is 270 g/mol. The molecule has 1 aliphatic heterocycles. The molecule has 3 heteroatoms. The first-order valence-electron chi connectivity index (χ1n) is 7.77. The summed E-state index contributed by atoms with van der Waals surface area (Å²) in [5.74, 6) is 1.44. The number of rotatable bonds is 6. The first kappa shape index (κ1) is 16.9. The molecule has 0 spiro atoms. The van der Waals surface area contributed by atoms with Crippen LogP contribution >= 0.6 is 0 Å². The maximum Gasteiger partial charge on any atom is 0.0749 e. The maximum atomic E-state index is 5.62. The van der Waals surface area contributed by atoms with Gasteiger partial charge in [-0.3, -0.25) is 4.90 Å². The number of ether oxygens (including phenoxy) is 1. The summed E-state index contributed by atoms with van der Waals surface area (Å²) < 4.78 is 5.62. The Hall–Kier alpha value is -0.120. The van der Waals surface area contributed by atoms with E-state index in [0.717, 1.165) is 25.6 Å². The third kappa shape index (κ3) is 5.41. The minimum Gasteiger partial charge on any atom is -0.377 e. The lowest BCUT2D eigenvalue weighted by molar-refractivity contribution is -0.0342. The number of methoxy groups -OCH3 is 1. The zero-order valence-corrected chi connectivity index (χ0v) is 14.0. The largest absolute Gasteiger partial charge is 0.377 e. The molecule has 2 atom stereocenters. The Morgan fingerprint density at radius 1 is 1.26 bits per heavy atom. The van der Waals surface area contributed by atoms with Gasteiger partial charge < -0.3 is 10.1 Å². The minimum absolute atomic E-state index is 0.0626. The van der Waals surface area contributed by atoms with Gasteiger partial charge in [0.25, 0.3) is 0 Å². The van der Waals surface area contributed by atoms with Gasteiger partial charge in [0.05, 0.1) is 5.60 Å². The summed E-state index contributed by atoms with van der Waals surface area (Å²) in [6, 6.07) is 1.25. The second kappa shape index (κ2) is 7.05. The van der Waals surface area contributed by atoms with Crippen molar-refractivity contribution >= 4 is 0 Å². The van der Waals surface area contributed by atoms with E-state index in [4.69, 9.17) is 4.74 Å². The highest BCUT2D eigenvalue weighted by Crippen LogP contribution is 2.21. The van der Waals surface area contributed by atoms with E-state index in [1.54, 1.807) is 0 Å². The van der Waals surface area contributed by atoms with Crippen molar-refractivity contribution in [3.8, 4) is 0 Å². The normalized spacial score (nSPS) is 26.4. The molecule has 0 aromatic heterocycles. The summed E-state index contributed by atoms with van der Waals surface area (Å²) in [5, 5.41) is 3.73. The van der Waals surface area contributed by atoms with E-state index >= 15 is 0 Å². The van der Waals surface area contributed by atoms with Gasteiger partial charge in [-0.25, -0.2) is 0 Å². The minimum atomic E-state index is -0.0626. The Kier molecular flexibility index (Phi) is 6.28. The highest BCUT2D eigenvalue weighted by atomic mass is 16.5. The smallest absolute Gasteiger partial charge is 0.0749 e. The van der Waals surface area contributed by atoms with Gasteiger partial charge in [-0.1, -0.05) is 27.7 Å². The zero-order chi connectivity index (χ0) is 14.6. The van der Waals surface area contributed by atoms with Crippen LogP contribution in [0.1, 0.15) is 48.0 Å². The van der Waals surface area contributed by atoms with E-state index in [1.165, 1.54) is 6.42 Å². The Labute approximate surface area is 120 Å². The van der Waals surface area contributed by atoms with Gasteiger partial charge in [-0.2, -0.15) is 0 Å². The molecule has 2 unspecified atom stereocenters. The molecule has 0 aromatic rings. The summed E-state index contributed by atoms with van der Waals surface area (Å²) in [5.41, 5.74) is -0.0626. The van der Waals surface area contributed by atoms with Crippen molar-refractivity contribution in [3.63, 3.8) is 0 Å². The van der Waals surface area contributed by atoms with Crippen LogP contribution in [0.3, 0.4) is 0 Å². The monoisotopic (exact) mass is 270 g/mol. The Balaban J connectivity index is 2.68. The van der Waals surface area contributed by atoms with Crippen LogP contribution < -0.4 is 5.32 Å². The van der Waals surface area contributed by atoms with Gasteiger partial charge >= 0.3 is 0 Å². The molecule has 114 valence electrons. The maximum absolute atomic E-state index is 5.62. The van der Waals surface area contributed by atoms with Crippen molar-refractivity contribution in [3.05, 3.63) is 0 Å². The molecule has 3 nitrogen and oxygen atoms in total. The molecular weight excluding hydrogens is 236 g/mol. The highest BCUT2D eigenvalue weighted by Gasteiger charge is 2.33. The molecule has 1 fully saturated rings. The van der Waals surface area contributed by atoms with Gasteiger partial charge in [0.1, 0.15) is 0 Å². The van der Waals surface area contributed by atoms with Crippen molar-refractivity contribution < 1.29 is 4.74 Å². The second-order valence-electron chi connectivity index (χ2n) is 7.44. The summed E-state index contributed by atoms with van der Waals surface area (Å²) in [6.07, 6.45) is 1.26. The lowest BCUT2D eigenvalue weighted by atomic mass is 9.93. The van der Waals surface area contributed by atoms with Crippen LogP contribution in [0.15, 0.2) is 0 Å². The molecule has 1 rings (SSSR count). The number of hydrogen-bond acceptors (Lipinski definition) is 3. The summed E-state index contributed by atoms with van der Waals surface area (Å²) in [7, 11) is 1.82. The Bertz CT molecular complexity index is 263. The number of nitrogens with one attached hydrogen (secondary N) is 1. The first-order chi connectivity index (χ1) is 8.75. The molecule has 19 heavy (non-hydrogen) atoms. The predicted molar refractivity (Wildman–Crippen MR) is 82.5 cm³/mol. The lowest BCUT2D eigenvalue weighted by Crippen LogP contribution is -2.61. The van der Waals surface area contributed by atoms with Crippen LogP contribution in [-0.4, -0.2) is 49.3 Å². The molecular formula is C16H34N2O. The fourth-order valence-corrected chi connectivity index (χ4v) is 3.02. The third-order valence-corrected chi connectivity index (χ3v) is 4.20. The SMILES string of the molecule is COC(C)(C)CN1CC(CC(C)C)NCC1C(C)C. The summed E-state index contributed by atoms with van der Waals surface area (Å²) >= 11 is 0. The second-order valence-corrected chi connectivity index (χ2v) is 7.44. The Morgan fingerprint density at radius 3 is 2.37 bits per heavy atom. The van der Waals surface area contributed by atoms with Gasteiger partial charge in [0, 0.05) is 38.8 Å². The fourth-order valence-electron chi connectivity index (χ4n) is 3.02. The van der Waals surface area contributed by atoms with E-state index in [-0.39, 0.29) is 5.60 Å². The van der Waals surface area contributed by atoms with Gasteiger partial charge in [0.2, 0.25) is 0 Å². The zero-order valence-electron chi connectivity index (χ0n) is 14.0. The fraction of sp³-hybridized carbons (Fsp3) is 1.00.